The summed E-state index contributed by atoms with van der Waals surface area (Å²) in [6.45, 7) is 3.58. The fourth-order valence-electron chi connectivity index (χ4n) is 1.44. The molecule has 2 rings (SSSR count). The van der Waals surface area contributed by atoms with Crippen molar-refractivity contribution < 1.29 is 9.47 Å². The Kier molecular flexibility index (Phi) is 2.71. The average Bonchev–Trinajstić information content (AvgIpc) is 2.67. The lowest BCUT2D eigenvalue weighted by atomic mass is 10.4. The Morgan fingerprint density at radius 3 is 2.92 bits per heavy atom. The van der Waals surface area contributed by atoms with Crippen molar-refractivity contribution in [1.29, 1.82) is 0 Å². The molecule has 1 aromatic rings. The van der Waals surface area contributed by atoms with Crippen LogP contribution in [0.3, 0.4) is 0 Å². The second-order valence-electron chi connectivity index (χ2n) is 2.89. The minimum absolute atomic E-state index is 0.820. The summed E-state index contributed by atoms with van der Waals surface area (Å²) in [4.78, 5) is 2.31. The number of methoxy groups -OCH3 is 1. The summed E-state index contributed by atoms with van der Waals surface area (Å²) in [6, 6.07) is 2.01. The average molecular weight is 199 g/mol. The van der Waals surface area contributed by atoms with Crippen molar-refractivity contribution in [3.63, 3.8) is 0 Å². The third-order valence-electron chi connectivity index (χ3n) is 2.13. The third kappa shape index (κ3) is 1.78. The highest BCUT2D eigenvalue weighted by Gasteiger charge is 2.15. The topological polar surface area (TPSA) is 21.7 Å². The van der Waals surface area contributed by atoms with Crippen LogP contribution in [-0.4, -0.2) is 33.4 Å². The molecule has 4 heteroatoms. The maximum absolute atomic E-state index is 5.29. The summed E-state index contributed by atoms with van der Waals surface area (Å²) in [5.74, 6) is 0.979. The van der Waals surface area contributed by atoms with Crippen molar-refractivity contribution in [2.75, 3.05) is 38.3 Å². The van der Waals surface area contributed by atoms with Crippen LogP contribution in [0, 0.1) is 0 Å². The summed E-state index contributed by atoms with van der Waals surface area (Å²) in [6.07, 6.45) is 0. The fourth-order valence-corrected chi connectivity index (χ4v) is 2.36. The first-order chi connectivity index (χ1) is 6.42. The number of thiophene rings is 1. The maximum Gasteiger partial charge on any atom is 0.153 e. The number of hydrogen-bond donors (Lipinski definition) is 0. The second-order valence-corrected chi connectivity index (χ2v) is 3.79. The predicted molar refractivity (Wildman–Crippen MR) is 53.9 cm³/mol. The molecule has 2 heterocycles. The van der Waals surface area contributed by atoms with Gasteiger partial charge in [-0.3, -0.25) is 0 Å². The van der Waals surface area contributed by atoms with E-state index in [4.69, 9.17) is 9.47 Å². The minimum atomic E-state index is 0.820. The smallest absolute Gasteiger partial charge is 0.153 e. The highest BCUT2D eigenvalue weighted by molar-refractivity contribution is 7.14. The van der Waals surface area contributed by atoms with Gasteiger partial charge in [0.05, 0.1) is 20.3 Å². The van der Waals surface area contributed by atoms with Crippen molar-refractivity contribution in [3.05, 3.63) is 11.4 Å². The number of ether oxygens (including phenoxy) is 2. The Hall–Kier alpha value is -0.740. The third-order valence-corrected chi connectivity index (χ3v) is 3.08. The van der Waals surface area contributed by atoms with E-state index < -0.39 is 0 Å². The molecule has 0 atom stereocenters. The number of rotatable bonds is 2. The fraction of sp³-hybridized carbons (Fsp3) is 0.556. The van der Waals surface area contributed by atoms with Crippen LogP contribution in [0.2, 0.25) is 0 Å². The molecule has 3 nitrogen and oxygen atoms in total. The molecule has 0 N–H and O–H groups in total. The van der Waals surface area contributed by atoms with Gasteiger partial charge < -0.3 is 14.4 Å². The van der Waals surface area contributed by atoms with E-state index in [2.05, 4.69) is 10.3 Å². The highest BCUT2D eigenvalue weighted by atomic mass is 32.1. The second kappa shape index (κ2) is 3.98. The number of hydrogen-bond acceptors (Lipinski definition) is 4. The van der Waals surface area contributed by atoms with Crippen LogP contribution in [0.1, 0.15) is 0 Å². The first kappa shape index (κ1) is 8.84. The molecule has 1 saturated heterocycles. The standard InChI is InChI=1S/C9H13NO2S/c1-11-8-2-7-13-9(8)10-3-5-12-6-4-10/h2,7H,3-6H2,1H3. The van der Waals surface area contributed by atoms with Crippen LogP contribution in [0.25, 0.3) is 0 Å². The van der Waals surface area contributed by atoms with Crippen molar-refractivity contribution >= 4 is 16.3 Å². The first-order valence-corrected chi connectivity index (χ1v) is 5.24. The molecule has 1 aliphatic rings. The monoisotopic (exact) mass is 199 g/mol. The SMILES string of the molecule is COc1ccsc1N1CCOCC1. The molecule has 0 aromatic carbocycles. The summed E-state index contributed by atoms with van der Waals surface area (Å²) >= 11 is 1.73. The van der Waals surface area contributed by atoms with Crippen molar-refractivity contribution in [1.82, 2.24) is 0 Å². The maximum atomic E-state index is 5.29. The molecule has 1 aliphatic heterocycles. The molecule has 0 bridgehead atoms. The summed E-state index contributed by atoms with van der Waals surface area (Å²) in [5, 5.41) is 3.29. The van der Waals surface area contributed by atoms with Gasteiger partial charge in [-0.25, -0.2) is 0 Å². The van der Waals surface area contributed by atoms with Gasteiger partial charge in [-0.05, 0) is 11.4 Å². The zero-order valence-corrected chi connectivity index (χ0v) is 8.47. The van der Waals surface area contributed by atoms with Gasteiger partial charge in [-0.1, -0.05) is 0 Å². The molecule has 0 spiro atoms. The zero-order chi connectivity index (χ0) is 9.10. The Bertz CT molecular complexity index is 268. The summed E-state index contributed by atoms with van der Waals surface area (Å²) in [7, 11) is 1.71. The molecule has 1 aromatic heterocycles. The van der Waals surface area contributed by atoms with Crippen LogP contribution in [0.5, 0.6) is 5.75 Å². The lowest BCUT2D eigenvalue weighted by Gasteiger charge is -2.27. The Morgan fingerprint density at radius 2 is 2.23 bits per heavy atom. The van der Waals surface area contributed by atoms with E-state index in [-0.39, 0.29) is 0 Å². The largest absolute Gasteiger partial charge is 0.494 e. The Labute approximate surface area is 81.9 Å². The first-order valence-electron chi connectivity index (χ1n) is 4.36. The number of morpholine rings is 1. The quantitative estimate of drug-likeness (QED) is 0.722. The van der Waals surface area contributed by atoms with Crippen molar-refractivity contribution in [3.8, 4) is 5.75 Å². The molecule has 72 valence electrons. The molecule has 0 aliphatic carbocycles. The van der Waals surface area contributed by atoms with Gasteiger partial charge >= 0.3 is 0 Å². The normalized spacial score (nSPS) is 17.5. The molecule has 0 amide bonds. The van der Waals surface area contributed by atoms with Gasteiger partial charge in [0.15, 0.2) is 5.75 Å². The van der Waals surface area contributed by atoms with Gasteiger partial charge in [-0.2, -0.15) is 0 Å². The Morgan fingerprint density at radius 1 is 1.46 bits per heavy atom. The van der Waals surface area contributed by atoms with Crippen LogP contribution >= 0.6 is 11.3 Å². The van der Waals surface area contributed by atoms with E-state index in [1.807, 2.05) is 6.07 Å². The van der Waals surface area contributed by atoms with E-state index in [9.17, 15) is 0 Å². The van der Waals surface area contributed by atoms with Gasteiger partial charge in [0.25, 0.3) is 0 Å². The molecule has 0 radical (unpaired) electrons. The van der Waals surface area contributed by atoms with Crippen LogP contribution in [-0.2, 0) is 4.74 Å². The van der Waals surface area contributed by atoms with Gasteiger partial charge in [0.1, 0.15) is 5.00 Å². The van der Waals surface area contributed by atoms with E-state index in [0.717, 1.165) is 32.1 Å². The van der Waals surface area contributed by atoms with Crippen LogP contribution in [0.4, 0.5) is 5.00 Å². The van der Waals surface area contributed by atoms with Gasteiger partial charge in [0, 0.05) is 13.1 Å². The zero-order valence-electron chi connectivity index (χ0n) is 7.66. The summed E-state index contributed by atoms with van der Waals surface area (Å²) < 4.78 is 10.6. The van der Waals surface area contributed by atoms with Crippen molar-refractivity contribution in [2.45, 2.75) is 0 Å². The van der Waals surface area contributed by atoms with E-state index in [1.165, 1.54) is 5.00 Å². The minimum Gasteiger partial charge on any atom is -0.494 e. The van der Waals surface area contributed by atoms with E-state index in [1.54, 1.807) is 18.4 Å². The molecule has 0 saturated carbocycles. The lowest BCUT2D eigenvalue weighted by Crippen LogP contribution is -2.35. The molecule has 13 heavy (non-hydrogen) atoms. The number of anilines is 1. The van der Waals surface area contributed by atoms with Gasteiger partial charge in [-0.15, -0.1) is 11.3 Å². The predicted octanol–water partition coefficient (Wildman–Crippen LogP) is 1.59. The molecule has 0 unspecified atom stereocenters. The van der Waals surface area contributed by atoms with E-state index in [0.29, 0.717) is 0 Å². The molecule has 1 fully saturated rings. The summed E-state index contributed by atoms with van der Waals surface area (Å²) in [5.41, 5.74) is 0. The highest BCUT2D eigenvalue weighted by Crippen LogP contribution is 2.34. The lowest BCUT2D eigenvalue weighted by molar-refractivity contribution is 0.123. The van der Waals surface area contributed by atoms with E-state index >= 15 is 0 Å². The van der Waals surface area contributed by atoms with Crippen LogP contribution < -0.4 is 9.64 Å². The van der Waals surface area contributed by atoms with Crippen LogP contribution in [0.15, 0.2) is 11.4 Å². The van der Waals surface area contributed by atoms with Crippen molar-refractivity contribution in [2.24, 2.45) is 0 Å². The van der Waals surface area contributed by atoms with Gasteiger partial charge in [0.2, 0.25) is 0 Å². The Balaban J connectivity index is 2.13. The number of nitrogens with zero attached hydrogens (tertiary/aromatic N) is 1. The molecular formula is C9H13NO2S. The molecular weight excluding hydrogens is 186 g/mol.